The summed E-state index contributed by atoms with van der Waals surface area (Å²) in [4.78, 5) is 0. The average Bonchev–Trinajstić information content (AvgIpc) is 3.04. The van der Waals surface area contributed by atoms with Crippen LogP contribution in [0.25, 0.3) is 21.1 Å². The summed E-state index contributed by atoms with van der Waals surface area (Å²) in [6.07, 6.45) is 0. The molecular weight excluding hydrogens is 319 g/mol. The summed E-state index contributed by atoms with van der Waals surface area (Å²) in [5.74, 6) is 0. The highest BCUT2D eigenvalue weighted by Gasteiger charge is 2.15. The Hall–Kier alpha value is -2.02. The first kappa shape index (κ1) is 16.8. The maximum Gasteiger partial charge on any atom is 0.488 e. The molecular formula is C18H19BN2O2S. The molecule has 6 heteroatoms. The van der Waals surface area contributed by atoms with E-state index in [1.807, 2.05) is 12.1 Å². The highest BCUT2D eigenvalue weighted by Crippen LogP contribution is 2.31. The molecule has 122 valence electrons. The first-order chi connectivity index (χ1) is 11.3. The van der Waals surface area contributed by atoms with Crippen molar-refractivity contribution in [1.29, 1.82) is 0 Å². The molecule has 0 spiro atoms. The molecule has 0 aliphatic heterocycles. The zero-order valence-electron chi connectivity index (χ0n) is 13.9. The number of hydrogen-bond donors (Lipinski definition) is 2. The van der Waals surface area contributed by atoms with Crippen molar-refractivity contribution in [3.8, 4) is 21.1 Å². The fourth-order valence-electron chi connectivity index (χ4n) is 2.37. The second kappa shape index (κ2) is 6.47. The predicted octanol–water partition coefficient (Wildman–Crippen LogP) is 2.85. The van der Waals surface area contributed by atoms with Gasteiger partial charge in [0.2, 0.25) is 0 Å². The molecule has 1 aromatic heterocycles. The summed E-state index contributed by atoms with van der Waals surface area (Å²) in [5, 5.41) is 28.5. The Labute approximate surface area is 146 Å². The van der Waals surface area contributed by atoms with Crippen LogP contribution in [0.1, 0.15) is 26.3 Å². The minimum atomic E-state index is -1.45. The van der Waals surface area contributed by atoms with Crippen molar-refractivity contribution in [1.82, 2.24) is 10.2 Å². The van der Waals surface area contributed by atoms with Crippen molar-refractivity contribution < 1.29 is 10.0 Å². The van der Waals surface area contributed by atoms with Crippen LogP contribution in [0.15, 0.2) is 48.5 Å². The van der Waals surface area contributed by atoms with E-state index in [9.17, 15) is 0 Å². The minimum absolute atomic E-state index is 0.129. The van der Waals surface area contributed by atoms with Crippen LogP contribution in [0.2, 0.25) is 0 Å². The third-order valence-electron chi connectivity index (χ3n) is 3.88. The Morgan fingerprint density at radius 1 is 0.792 bits per heavy atom. The lowest BCUT2D eigenvalue weighted by atomic mass is 9.80. The van der Waals surface area contributed by atoms with Gasteiger partial charge in [0.1, 0.15) is 10.0 Å². The molecule has 0 radical (unpaired) electrons. The molecule has 2 aromatic carbocycles. The van der Waals surface area contributed by atoms with Gasteiger partial charge >= 0.3 is 7.12 Å². The molecule has 24 heavy (non-hydrogen) atoms. The van der Waals surface area contributed by atoms with Gasteiger partial charge in [-0.25, -0.2) is 0 Å². The van der Waals surface area contributed by atoms with Crippen LogP contribution < -0.4 is 5.46 Å². The predicted molar refractivity (Wildman–Crippen MR) is 99.3 cm³/mol. The van der Waals surface area contributed by atoms with Gasteiger partial charge in [-0.3, -0.25) is 0 Å². The van der Waals surface area contributed by atoms with Crippen molar-refractivity contribution in [2.24, 2.45) is 0 Å². The molecule has 0 saturated carbocycles. The van der Waals surface area contributed by atoms with Crippen molar-refractivity contribution in [2.45, 2.75) is 26.2 Å². The molecule has 2 N–H and O–H groups in total. The molecule has 0 aliphatic carbocycles. The Kier molecular flexibility index (Phi) is 4.54. The van der Waals surface area contributed by atoms with Gasteiger partial charge in [0.05, 0.1) is 0 Å². The molecule has 3 rings (SSSR count). The van der Waals surface area contributed by atoms with E-state index in [-0.39, 0.29) is 5.41 Å². The standard InChI is InChI=1S/C18H19BN2O2S/c1-18(2,3)14-8-4-12(5-9-14)16-20-21-17(24-16)13-6-10-15(11-7-13)19(22)23/h4-11,22-23H,1-3H3. The van der Waals surface area contributed by atoms with E-state index in [2.05, 4.69) is 55.2 Å². The number of hydrogen-bond acceptors (Lipinski definition) is 5. The van der Waals surface area contributed by atoms with E-state index >= 15 is 0 Å². The molecule has 0 bridgehead atoms. The third kappa shape index (κ3) is 3.56. The number of rotatable bonds is 3. The summed E-state index contributed by atoms with van der Waals surface area (Å²) < 4.78 is 0. The number of aromatic nitrogens is 2. The maximum atomic E-state index is 9.15. The first-order valence-corrected chi connectivity index (χ1v) is 8.57. The van der Waals surface area contributed by atoms with Crippen LogP contribution in [0.5, 0.6) is 0 Å². The highest BCUT2D eigenvalue weighted by molar-refractivity contribution is 7.17. The highest BCUT2D eigenvalue weighted by atomic mass is 32.1. The molecule has 0 amide bonds. The van der Waals surface area contributed by atoms with E-state index in [0.717, 1.165) is 21.1 Å². The van der Waals surface area contributed by atoms with Gasteiger partial charge in [0.15, 0.2) is 0 Å². The lowest BCUT2D eigenvalue weighted by Gasteiger charge is -2.18. The zero-order chi connectivity index (χ0) is 17.3. The molecule has 0 saturated heterocycles. The Bertz CT molecular complexity index is 821. The summed E-state index contributed by atoms with van der Waals surface area (Å²) in [6, 6.07) is 15.4. The smallest absolute Gasteiger partial charge is 0.423 e. The molecule has 0 fully saturated rings. The summed E-state index contributed by atoms with van der Waals surface area (Å²) in [7, 11) is -1.45. The largest absolute Gasteiger partial charge is 0.488 e. The molecule has 4 nitrogen and oxygen atoms in total. The van der Waals surface area contributed by atoms with E-state index in [0.29, 0.717) is 5.46 Å². The molecule has 3 aromatic rings. The van der Waals surface area contributed by atoms with Crippen LogP contribution >= 0.6 is 11.3 Å². The fourth-order valence-corrected chi connectivity index (χ4v) is 3.22. The second-order valence-electron chi connectivity index (χ2n) is 6.74. The van der Waals surface area contributed by atoms with E-state index in [1.165, 1.54) is 16.9 Å². The lowest BCUT2D eigenvalue weighted by Crippen LogP contribution is -2.29. The average molecular weight is 338 g/mol. The fraction of sp³-hybridized carbons (Fsp3) is 0.222. The topological polar surface area (TPSA) is 66.2 Å². The minimum Gasteiger partial charge on any atom is -0.423 e. The van der Waals surface area contributed by atoms with Gasteiger partial charge < -0.3 is 10.0 Å². The van der Waals surface area contributed by atoms with Gasteiger partial charge in [0, 0.05) is 11.1 Å². The second-order valence-corrected chi connectivity index (χ2v) is 7.71. The van der Waals surface area contributed by atoms with Crippen LogP contribution in [0.4, 0.5) is 0 Å². The Morgan fingerprint density at radius 3 is 1.67 bits per heavy atom. The van der Waals surface area contributed by atoms with Gasteiger partial charge in [-0.2, -0.15) is 0 Å². The molecule has 1 heterocycles. The van der Waals surface area contributed by atoms with Crippen LogP contribution in [-0.4, -0.2) is 27.4 Å². The van der Waals surface area contributed by atoms with Gasteiger partial charge in [-0.1, -0.05) is 80.6 Å². The van der Waals surface area contributed by atoms with Crippen molar-refractivity contribution in [3.63, 3.8) is 0 Å². The third-order valence-corrected chi connectivity index (χ3v) is 4.90. The normalized spacial score (nSPS) is 11.5. The molecule has 0 aliphatic rings. The van der Waals surface area contributed by atoms with E-state index in [1.54, 1.807) is 12.1 Å². The summed E-state index contributed by atoms with van der Waals surface area (Å²) >= 11 is 1.52. The molecule has 0 atom stereocenters. The quantitative estimate of drug-likeness (QED) is 0.721. The van der Waals surface area contributed by atoms with Crippen molar-refractivity contribution in [2.75, 3.05) is 0 Å². The number of benzene rings is 2. The van der Waals surface area contributed by atoms with Gasteiger partial charge in [-0.05, 0) is 16.4 Å². The van der Waals surface area contributed by atoms with Gasteiger partial charge in [0.25, 0.3) is 0 Å². The van der Waals surface area contributed by atoms with Gasteiger partial charge in [-0.15, -0.1) is 10.2 Å². The number of nitrogens with zero attached hydrogens (tertiary/aromatic N) is 2. The van der Waals surface area contributed by atoms with Crippen LogP contribution in [0.3, 0.4) is 0 Å². The zero-order valence-corrected chi connectivity index (χ0v) is 14.7. The molecule has 0 unspecified atom stereocenters. The lowest BCUT2D eigenvalue weighted by molar-refractivity contribution is 0.426. The SMILES string of the molecule is CC(C)(C)c1ccc(-c2nnc(-c3ccc(B(O)O)cc3)s2)cc1. The Morgan fingerprint density at radius 2 is 1.25 bits per heavy atom. The Balaban J connectivity index is 1.85. The van der Waals surface area contributed by atoms with Crippen molar-refractivity contribution in [3.05, 3.63) is 54.1 Å². The van der Waals surface area contributed by atoms with Crippen molar-refractivity contribution >= 4 is 23.9 Å². The van der Waals surface area contributed by atoms with E-state index < -0.39 is 7.12 Å². The van der Waals surface area contributed by atoms with Crippen LogP contribution in [-0.2, 0) is 5.41 Å². The first-order valence-electron chi connectivity index (χ1n) is 7.75. The summed E-state index contributed by atoms with van der Waals surface area (Å²) in [6.45, 7) is 6.58. The van der Waals surface area contributed by atoms with E-state index in [4.69, 9.17) is 10.0 Å². The summed E-state index contributed by atoms with van der Waals surface area (Å²) in [5.41, 5.74) is 3.84. The van der Waals surface area contributed by atoms with Crippen LogP contribution in [0, 0.1) is 0 Å². The maximum absolute atomic E-state index is 9.15. The monoisotopic (exact) mass is 338 g/mol.